The number of amides is 1. The molecule has 0 radical (unpaired) electrons. The van der Waals surface area contributed by atoms with Gasteiger partial charge >= 0.3 is 0 Å². The van der Waals surface area contributed by atoms with E-state index < -0.39 is 6.10 Å². The summed E-state index contributed by atoms with van der Waals surface area (Å²) in [4.78, 5) is 11.8. The first kappa shape index (κ1) is 15.5. The fourth-order valence-corrected chi connectivity index (χ4v) is 1.77. The van der Waals surface area contributed by atoms with Gasteiger partial charge in [0.05, 0.1) is 6.61 Å². The number of aryl methyl sites for hydroxylation is 1. The second kappa shape index (κ2) is 7.79. The molecule has 0 aliphatic carbocycles. The molecule has 0 aromatic heterocycles. The first-order valence-electron chi connectivity index (χ1n) is 6.73. The smallest absolute Gasteiger partial charge is 0.260 e. The quantitative estimate of drug-likeness (QED) is 0.743. The van der Waals surface area contributed by atoms with E-state index in [9.17, 15) is 9.90 Å². The van der Waals surface area contributed by atoms with E-state index in [1.54, 1.807) is 13.0 Å². The molecule has 0 aliphatic heterocycles. The topological polar surface area (TPSA) is 58.6 Å². The molecule has 0 bridgehead atoms. The van der Waals surface area contributed by atoms with Gasteiger partial charge in [-0.1, -0.05) is 31.5 Å². The Morgan fingerprint density at radius 1 is 1.47 bits per heavy atom. The van der Waals surface area contributed by atoms with Gasteiger partial charge in [0.1, 0.15) is 5.75 Å². The van der Waals surface area contributed by atoms with Crippen LogP contribution in [-0.2, 0) is 11.4 Å². The van der Waals surface area contributed by atoms with Gasteiger partial charge in [-0.25, -0.2) is 0 Å². The number of unbranched alkanes of at least 4 members (excludes halogenated alkanes) is 1. The van der Waals surface area contributed by atoms with Crippen LogP contribution in [0.25, 0.3) is 0 Å². The van der Waals surface area contributed by atoms with Crippen LogP contribution in [0.5, 0.6) is 5.75 Å². The van der Waals surface area contributed by atoms with Crippen LogP contribution in [0, 0.1) is 6.92 Å². The SMILES string of the molecule is CCCCNC(=O)C(C)Oc1c(C)cccc1CO. The Hall–Kier alpha value is -1.55. The van der Waals surface area contributed by atoms with Crippen molar-refractivity contribution < 1.29 is 14.6 Å². The Morgan fingerprint density at radius 3 is 2.84 bits per heavy atom. The van der Waals surface area contributed by atoms with Crippen molar-refractivity contribution in [2.45, 2.75) is 46.3 Å². The molecule has 1 aromatic carbocycles. The fraction of sp³-hybridized carbons (Fsp3) is 0.533. The summed E-state index contributed by atoms with van der Waals surface area (Å²) in [6, 6.07) is 5.56. The molecule has 1 unspecified atom stereocenters. The minimum Gasteiger partial charge on any atom is -0.480 e. The summed E-state index contributed by atoms with van der Waals surface area (Å²) in [5.41, 5.74) is 1.62. The Bertz CT molecular complexity index is 418. The minimum atomic E-state index is -0.566. The number of benzene rings is 1. The fourth-order valence-electron chi connectivity index (χ4n) is 1.77. The molecule has 19 heavy (non-hydrogen) atoms. The van der Waals surface area contributed by atoms with Crippen molar-refractivity contribution in [3.8, 4) is 5.75 Å². The van der Waals surface area contributed by atoms with E-state index in [2.05, 4.69) is 12.2 Å². The highest BCUT2D eigenvalue weighted by Crippen LogP contribution is 2.24. The highest BCUT2D eigenvalue weighted by Gasteiger charge is 2.16. The Balaban J connectivity index is 2.66. The van der Waals surface area contributed by atoms with E-state index in [1.165, 1.54) is 0 Å². The molecule has 1 rings (SSSR count). The number of aliphatic hydroxyl groups excluding tert-OH is 1. The molecule has 1 amide bonds. The molecule has 1 aromatic rings. The highest BCUT2D eigenvalue weighted by atomic mass is 16.5. The van der Waals surface area contributed by atoms with Crippen LogP contribution in [0.4, 0.5) is 0 Å². The summed E-state index contributed by atoms with van der Waals surface area (Å²) in [6.45, 7) is 6.27. The number of nitrogens with one attached hydrogen (secondary N) is 1. The van der Waals surface area contributed by atoms with Crippen LogP contribution in [0.3, 0.4) is 0 Å². The zero-order valence-corrected chi connectivity index (χ0v) is 11.9. The number of aliphatic hydroxyl groups is 1. The van der Waals surface area contributed by atoms with Gasteiger partial charge in [-0.3, -0.25) is 4.79 Å². The van der Waals surface area contributed by atoms with Crippen LogP contribution in [0.15, 0.2) is 18.2 Å². The third-order valence-electron chi connectivity index (χ3n) is 2.96. The number of hydrogen-bond acceptors (Lipinski definition) is 3. The van der Waals surface area contributed by atoms with Gasteiger partial charge in [-0.2, -0.15) is 0 Å². The van der Waals surface area contributed by atoms with Crippen LogP contribution in [0.1, 0.15) is 37.8 Å². The second-order valence-corrected chi connectivity index (χ2v) is 4.63. The summed E-state index contributed by atoms with van der Waals surface area (Å²) in [5, 5.41) is 12.1. The number of rotatable bonds is 7. The standard InChI is InChI=1S/C15H23NO3/c1-4-5-9-16-15(18)12(3)19-14-11(2)7-6-8-13(14)10-17/h6-8,12,17H,4-5,9-10H2,1-3H3,(H,16,18). The zero-order chi connectivity index (χ0) is 14.3. The van der Waals surface area contributed by atoms with Crippen molar-refractivity contribution in [3.63, 3.8) is 0 Å². The van der Waals surface area contributed by atoms with Crippen molar-refractivity contribution in [2.75, 3.05) is 6.54 Å². The molecule has 0 heterocycles. The van der Waals surface area contributed by atoms with E-state index in [-0.39, 0.29) is 12.5 Å². The monoisotopic (exact) mass is 265 g/mol. The summed E-state index contributed by atoms with van der Waals surface area (Å²) < 4.78 is 5.69. The van der Waals surface area contributed by atoms with E-state index in [4.69, 9.17) is 4.74 Å². The van der Waals surface area contributed by atoms with Gasteiger partial charge in [0.15, 0.2) is 6.10 Å². The molecule has 4 nitrogen and oxygen atoms in total. The molecule has 106 valence electrons. The van der Waals surface area contributed by atoms with Crippen LogP contribution < -0.4 is 10.1 Å². The highest BCUT2D eigenvalue weighted by molar-refractivity contribution is 5.80. The molecule has 1 atom stereocenters. The van der Waals surface area contributed by atoms with Gasteiger partial charge in [-0.15, -0.1) is 0 Å². The maximum Gasteiger partial charge on any atom is 0.260 e. The first-order chi connectivity index (χ1) is 9.10. The van der Waals surface area contributed by atoms with Crippen LogP contribution in [0.2, 0.25) is 0 Å². The average Bonchev–Trinajstić information content (AvgIpc) is 2.41. The Kier molecular flexibility index (Phi) is 6.36. The number of carbonyl (C=O) groups is 1. The molecule has 0 aliphatic rings. The van der Waals surface area contributed by atoms with Crippen molar-refractivity contribution in [2.24, 2.45) is 0 Å². The maximum atomic E-state index is 11.8. The van der Waals surface area contributed by atoms with Gasteiger partial charge in [0.25, 0.3) is 5.91 Å². The number of ether oxygens (including phenoxy) is 1. The van der Waals surface area contributed by atoms with E-state index in [0.717, 1.165) is 18.4 Å². The lowest BCUT2D eigenvalue weighted by atomic mass is 10.1. The lowest BCUT2D eigenvalue weighted by Crippen LogP contribution is -2.37. The van der Waals surface area contributed by atoms with Crippen molar-refractivity contribution in [3.05, 3.63) is 29.3 Å². The number of hydrogen-bond donors (Lipinski definition) is 2. The summed E-state index contributed by atoms with van der Waals surface area (Å²) >= 11 is 0. The number of carbonyl (C=O) groups excluding carboxylic acids is 1. The van der Waals surface area contributed by atoms with Crippen molar-refractivity contribution in [1.82, 2.24) is 5.32 Å². The molecule has 0 saturated carbocycles. The molecule has 2 N–H and O–H groups in total. The number of para-hydroxylation sites is 1. The molecule has 0 saturated heterocycles. The van der Waals surface area contributed by atoms with Gasteiger partial charge < -0.3 is 15.2 Å². The van der Waals surface area contributed by atoms with Crippen LogP contribution >= 0.6 is 0 Å². The largest absolute Gasteiger partial charge is 0.480 e. The van der Waals surface area contributed by atoms with Crippen molar-refractivity contribution >= 4 is 5.91 Å². The summed E-state index contributed by atoms with van der Waals surface area (Å²) in [5.74, 6) is 0.476. The molecular formula is C15H23NO3. The minimum absolute atomic E-state index is 0.0960. The normalized spacial score (nSPS) is 12.0. The predicted molar refractivity (Wildman–Crippen MR) is 75.1 cm³/mol. The summed E-state index contributed by atoms with van der Waals surface area (Å²) in [7, 11) is 0. The second-order valence-electron chi connectivity index (χ2n) is 4.63. The maximum absolute atomic E-state index is 11.8. The van der Waals surface area contributed by atoms with Gasteiger partial charge in [0.2, 0.25) is 0 Å². The Labute approximate surface area is 114 Å². The summed E-state index contributed by atoms with van der Waals surface area (Å²) in [6.07, 6.45) is 1.44. The third-order valence-corrected chi connectivity index (χ3v) is 2.96. The lowest BCUT2D eigenvalue weighted by Gasteiger charge is -2.18. The molecule has 0 spiro atoms. The molecule has 4 heteroatoms. The van der Waals surface area contributed by atoms with Gasteiger partial charge in [0, 0.05) is 12.1 Å². The van der Waals surface area contributed by atoms with E-state index in [0.29, 0.717) is 17.9 Å². The third kappa shape index (κ3) is 4.56. The molecule has 0 fully saturated rings. The molecular weight excluding hydrogens is 242 g/mol. The zero-order valence-electron chi connectivity index (χ0n) is 11.9. The Morgan fingerprint density at radius 2 is 2.21 bits per heavy atom. The first-order valence-corrected chi connectivity index (χ1v) is 6.73. The lowest BCUT2D eigenvalue weighted by molar-refractivity contribution is -0.127. The van der Waals surface area contributed by atoms with E-state index >= 15 is 0 Å². The van der Waals surface area contributed by atoms with Crippen LogP contribution in [-0.4, -0.2) is 23.7 Å². The predicted octanol–water partition coefficient (Wildman–Crippen LogP) is 2.17. The average molecular weight is 265 g/mol. The van der Waals surface area contributed by atoms with Crippen molar-refractivity contribution in [1.29, 1.82) is 0 Å². The van der Waals surface area contributed by atoms with Gasteiger partial charge in [-0.05, 0) is 25.8 Å². The van der Waals surface area contributed by atoms with E-state index in [1.807, 2.05) is 19.1 Å².